The molecule has 1 aliphatic carbocycles. The van der Waals surface area contributed by atoms with E-state index in [0.29, 0.717) is 17.7 Å². The molecular weight excluding hydrogens is 340 g/mol. The largest absolute Gasteiger partial charge is 0.337 e. The van der Waals surface area contributed by atoms with Crippen molar-refractivity contribution in [3.05, 3.63) is 23.0 Å². The number of pyridine rings is 1. The molecule has 3 heterocycles. The summed E-state index contributed by atoms with van der Waals surface area (Å²) in [5.41, 5.74) is 3.12. The highest BCUT2D eigenvalue weighted by Crippen LogP contribution is 2.41. The molecule has 0 spiro atoms. The van der Waals surface area contributed by atoms with Gasteiger partial charge in [0.25, 0.3) is 11.6 Å². The van der Waals surface area contributed by atoms with E-state index in [1.807, 2.05) is 18.0 Å². The van der Waals surface area contributed by atoms with E-state index in [2.05, 4.69) is 31.2 Å². The van der Waals surface area contributed by atoms with Crippen molar-refractivity contribution in [2.24, 2.45) is 5.41 Å². The van der Waals surface area contributed by atoms with Crippen LogP contribution in [0, 0.1) is 5.41 Å². The average molecular weight is 370 g/mol. The van der Waals surface area contributed by atoms with Crippen molar-refractivity contribution in [2.45, 2.75) is 64.8 Å². The topological polar surface area (TPSA) is 71.3 Å². The lowest BCUT2D eigenvalue weighted by Crippen LogP contribution is -2.47. The Hall–Kier alpha value is -1.95. The third-order valence-electron chi connectivity index (χ3n) is 5.58. The van der Waals surface area contributed by atoms with E-state index in [0.717, 1.165) is 67.5 Å². The minimum Gasteiger partial charge on any atom is -0.337 e. The van der Waals surface area contributed by atoms with E-state index in [1.54, 1.807) is 0 Å². The second-order valence-corrected chi connectivity index (χ2v) is 9.29. The number of fused-ring (bicyclic) bond motifs is 1. The van der Waals surface area contributed by atoms with Gasteiger partial charge in [-0.25, -0.2) is 4.98 Å². The molecule has 2 aromatic rings. The molecule has 1 saturated heterocycles. The smallest absolute Gasteiger partial charge is 0.259 e. The Bertz CT molecular complexity index is 848. The van der Waals surface area contributed by atoms with Crippen LogP contribution in [-0.2, 0) is 6.42 Å². The van der Waals surface area contributed by atoms with Crippen LogP contribution in [0.3, 0.4) is 0 Å². The minimum absolute atomic E-state index is 0.0572. The highest BCUT2D eigenvalue weighted by atomic mass is 16.5. The summed E-state index contributed by atoms with van der Waals surface area (Å²) in [4.78, 5) is 20.2. The summed E-state index contributed by atoms with van der Waals surface area (Å²) < 4.78 is 5.59. The molecule has 6 heteroatoms. The van der Waals surface area contributed by atoms with Gasteiger partial charge in [-0.15, -0.1) is 0 Å². The maximum Gasteiger partial charge on any atom is 0.259 e. The maximum absolute atomic E-state index is 13.5. The van der Waals surface area contributed by atoms with Crippen molar-refractivity contribution in [1.29, 1.82) is 0 Å². The van der Waals surface area contributed by atoms with E-state index in [9.17, 15) is 4.79 Å². The van der Waals surface area contributed by atoms with Crippen LogP contribution in [0.5, 0.6) is 0 Å². The van der Waals surface area contributed by atoms with Crippen LogP contribution < -0.4 is 5.32 Å². The van der Waals surface area contributed by atoms with Gasteiger partial charge in [0.1, 0.15) is 0 Å². The first-order valence-electron chi connectivity index (χ1n) is 10.1. The van der Waals surface area contributed by atoms with Gasteiger partial charge >= 0.3 is 0 Å². The first-order chi connectivity index (χ1) is 12.9. The van der Waals surface area contributed by atoms with Gasteiger partial charge in [0, 0.05) is 30.7 Å². The number of rotatable bonds is 4. The van der Waals surface area contributed by atoms with E-state index < -0.39 is 0 Å². The lowest BCUT2D eigenvalue weighted by molar-refractivity contribution is 0.0700. The number of nitrogens with zero attached hydrogens (tertiary/aromatic N) is 3. The number of hydrogen-bond acceptors (Lipinski definition) is 5. The van der Waals surface area contributed by atoms with Crippen LogP contribution in [0.1, 0.15) is 74.1 Å². The van der Waals surface area contributed by atoms with Crippen LogP contribution in [0.25, 0.3) is 11.1 Å². The van der Waals surface area contributed by atoms with Gasteiger partial charge in [-0.2, -0.15) is 0 Å². The second kappa shape index (κ2) is 6.89. The fourth-order valence-corrected chi connectivity index (χ4v) is 3.98. The highest BCUT2D eigenvalue weighted by molar-refractivity contribution is 6.06. The number of likely N-dealkylation sites (tertiary alicyclic amines) is 1. The summed E-state index contributed by atoms with van der Waals surface area (Å²) in [6, 6.07) is 2.37. The second-order valence-electron chi connectivity index (χ2n) is 9.29. The molecule has 146 valence electrons. The van der Waals surface area contributed by atoms with Crippen molar-refractivity contribution < 1.29 is 9.32 Å². The molecule has 1 unspecified atom stereocenters. The van der Waals surface area contributed by atoms with Crippen LogP contribution in [0.4, 0.5) is 0 Å². The predicted octanol–water partition coefficient (Wildman–Crippen LogP) is 3.51. The summed E-state index contributed by atoms with van der Waals surface area (Å²) in [7, 11) is 1.97. The Labute approximate surface area is 160 Å². The molecule has 2 aromatic heterocycles. The van der Waals surface area contributed by atoms with Crippen molar-refractivity contribution in [1.82, 2.24) is 20.4 Å². The molecule has 0 radical (unpaired) electrons. The number of amides is 1. The van der Waals surface area contributed by atoms with Crippen molar-refractivity contribution >= 4 is 17.0 Å². The third-order valence-corrected chi connectivity index (χ3v) is 5.58. The van der Waals surface area contributed by atoms with E-state index in [-0.39, 0.29) is 11.3 Å². The molecule has 2 aliphatic rings. The highest BCUT2D eigenvalue weighted by Gasteiger charge is 2.32. The van der Waals surface area contributed by atoms with Gasteiger partial charge in [0.2, 0.25) is 0 Å². The fourth-order valence-electron chi connectivity index (χ4n) is 3.98. The first-order valence-corrected chi connectivity index (χ1v) is 10.1. The number of nitrogens with one attached hydrogen (secondary N) is 1. The minimum atomic E-state index is 0.0572. The van der Waals surface area contributed by atoms with E-state index >= 15 is 0 Å². The Kier molecular flexibility index (Phi) is 4.70. The Morgan fingerprint density at radius 3 is 2.78 bits per heavy atom. The van der Waals surface area contributed by atoms with Crippen molar-refractivity contribution in [3.63, 3.8) is 0 Å². The molecule has 27 heavy (non-hydrogen) atoms. The van der Waals surface area contributed by atoms with Crippen molar-refractivity contribution in [2.75, 3.05) is 20.1 Å². The van der Waals surface area contributed by atoms with E-state index in [4.69, 9.17) is 9.51 Å². The zero-order valence-electron chi connectivity index (χ0n) is 16.8. The lowest BCUT2D eigenvalue weighted by atomic mass is 9.89. The summed E-state index contributed by atoms with van der Waals surface area (Å²) in [5.74, 6) is 0.547. The van der Waals surface area contributed by atoms with Crippen LogP contribution in [-0.4, -0.2) is 47.1 Å². The molecule has 2 fully saturated rings. The summed E-state index contributed by atoms with van der Waals surface area (Å²) in [6.45, 7) is 8.06. The number of carbonyl (C=O) groups is 1. The summed E-state index contributed by atoms with van der Waals surface area (Å²) >= 11 is 0. The van der Waals surface area contributed by atoms with Crippen LogP contribution in [0.15, 0.2) is 10.6 Å². The van der Waals surface area contributed by atoms with Gasteiger partial charge in [-0.1, -0.05) is 25.9 Å². The third kappa shape index (κ3) is 3.86. The Balaban J connectivity index is 1.76. The molecule has 0 bridgehead atoms. The number of carbonyl (C=O) groups excluding carboxylic acids is 1. The van der Waals surface area contributed by atoms with Gasteiger partial charge in [-0.05, 0) is 50.6 Å². The van der Waals surface area contributed by atoms with Crippen LogP contribution in [0.2, 0.25) is 0 Å². The molecule has 6 nitrogen and oxygen atoms in total. The molecule has 0 aromatic carbocycles. The molecule has 1 N–H and O–H groups in total. The number of aromatic nitrogens is 2. The number of likely N-dealkylation sites (N-methyl/N-ethyl adjacent to an activating group) is 1. The zero-order valence-corrected chi connectivity index (χ0v) is 16.8. The Morgan fingerprint density at radius 2 is 2.11 bits per heavy atom. The SMILES string of the molecule is CNC1CCCN(C(=O)c2cc(C3CC3)nc3onc(CC(C)(C)C)c23)C1. The lowest BCUT2D eigenvalue weighted by Gasteiger charge is -2.32. The Morgan fingerprint density at radius 1 is 1.33 bits per heavy atom. The van der Waals surface area contributed by atoms with Gasteiger partial charge in [0.05, 0.1) is 16.6 Å². The van der Waals surface area contributed by atoms with Crippen LogP contribution >= 0.6 is 0 Å². The zero-order chi connectivity index (χ0) is 19.2. The molecule has 1 amide bonds. The monoisotopic (exact) mass is 370 g/mol. The normalized spacial score (nSPS) is 21.0. The molecular formula is C21H30N4O2. The summed E-state index contributed by atoms with van der Waals surface area (Å²) in [5, 5.41) is 8.43. The number of hydrogen-bond donors (Lipinski definition) is 1. The van der Waals surface area contributed by atoms with Gasteiger partial charge in [0.15, 0.2) is 0 Å². The first kappa shape index (κ1) is 18.4. The summed E-state index contributed by atoms with van der Waals surface area (Å²) in [6.07, 6.45) is 5.17. The predicted molar refractivity (Wildman–Crippen MR) is 105 cm³/mol. The molecule has 1 aliphatic heterocycles. The maximum atomic E-state index is 13.5. The fraction of sp³-hybridized carbons (Fsp3) is 0.667. The average Bonchev–Trinajstić information content (AvgIpc) is 3.42. The molecule has 4 rings (SSSR count). The van der Waals surface area contributed by atoms with Gasteiger partial charge < -0.3 is 14.7 Å². The quantitative estimate of drug-likeness (QED) is 0.892. The van der Waals surface area contributed by atoms with E-state index in [1.165, 1.54) is 0 Å². The van der Waals surface area contributed by atoms with Crippen molar-refractivity contribution in [3.8, 4) is 0 Å². The molecule has 1 atom stereocenters. The number of piperidine rings is 1. The molecule has 1 saturated carbocycles. The standard InChI is InChI=1S/C21H30N4O2/c1-21(2,3)11-17-18-15(20(26)25-9-5-6-14(12-25)22-4)10-16(13-7-8-13)23-19(18)27-24-17/h10,13-14,22H,5-9,11-12H2,1-4H3. The van der Waals surface area contributed by atoms with Gasteiger partial charge in [-0.3, -0.25) is 4.79 Å².